The highest BCUT2D eigenvalue weighted by Gasteiger charge is 2.28. The van der Waals surface area contributed by atoms with E-state index >= 15 is 0 Å². The summed E-state index contributed by atoms with van der Waals surface area (Å²) in [5, 5.41) is 6.62. The second-order valence-electron chi connectivity index (χ2n) is 6.00. The maximum Gasteiger partial charge on any atom is 0.273 e. The van der Waals surface area contributed by atoms with Crippen molar-refractivity contribution in [2.45, 2.75) is 25.3 Å². The van der Waals surface area contributed by atoms with Crippen molar-refractivity contribution in [2.75, 3.05) is 31.2 Å². The second-order valence-corrected chi connectivity index (χ2v) is 6.00. The molecule has 1 aliphatic heterocycles. The number of nitrogens with one attached hydrogen (secondary N) is 1. The normalized spacial score (nSPS) is 17.8. The number of carbonyl (C=O) groups excluding carboxylic acids is 1. The van der Waals surface area contributed by atoms with Gasteiger partial charge in [-0.15, -0.1) is 0 Å². The summed E-state index contributed by atoms with van der Waals surface area (Å²) < 4.78 is 10.5. The van der Waals surface area contributed by atoms with Gasteiger partial charge in [0.2, 0.25) is 0 Å². The summed E-state index contributed by atoms with van der Waals surface area (Å²) in [6, 6.07) is 3.59. The van der Waals surface area contributed by atoms with Crippen LogP contribution >= 0.6 is 0 Å². The highest BCUT2D eigenvalue weighted by atomic mass is 16.5. The zero-order valence-corrected chi connectivity index (χ0v) is 13.3. The van der Waals surface area contributed by atoms with Crippen molar-refractivity contribution in [3.05, 3.63) is 35.6 Å². The molecule has 0 bridgehead atoms. The highest BCUT2D eigenvalue weighted by molar-refractivity contribution is 5.92. The topological polar surface area (TPSA) is 93.4 Å². The number of carbonyl (C=O) groups is 1. The molecule has 8 nitrogen and oxygen atoms in total. The zero-order chi connectivity index (χ0) is 16.4. The molecule has 1 N–H and O–H groups in total. The van der Waals surface area contributed by atoms with Gasteiger partial charge in [0.1, 0.15) is 17.4 Å². The van der Waals surface area contributed by atoms with Crippen molar-refractivity contribution in [1.82, 2.24) is 20.4 Å². The molecule has 2 aromatic heterocycles. The Kier molecular flexibility index (Phi) is 4.12. The van der Waals surface area contributed by atoms with Crippen LogP contribution in [-0.2, 0) is 11.3 Å². The van der Waals surface area contributed by atoms with Crippen LogP contribution in [0.4, 0.5) is 5.82 Å². The fourth-order valence-corrected chi connectivity index (χ4v) is 2.65. The van der Waals surface area contributed by atoms with Gasteiger partial charge in [0, 0.05) is 31.3 Å². The van der Waals surface area contributed by atoms with Crippen molar-refractivity contribution in [1.29, 1.82) is 0 Å². The Morgan fingerprint density at radius 2 is 2.17 bits per heavy atom. The highest BCUT2D eigenvalue weighted by Crippen LogP contribution is 2.40. The molecular weight excluding hydrogens is 310 g/mol. The Morgan fingerprint density at radius 1 is 1.33 bits per heavy atom. The number of aromatic nitrogens is 3. The van der Waals surface area contributed by atoms with Crippen LogP contribution in [0.25, 0.3) is 0 Å². The number of nitrogens with zero attached hydrogens (tertiary/aromatic N) is 4. The number of hydrogen-bond acceptors (Lipinski definition) is 7. The smallest absolute Gasteiger partial charge is 0.273 e. The van der Waals surface area contributed by atoms with Crippen molar-refractivity contribution in [2.24, 2.45) is 0 Å². The summed E-state index contributed by atoms with van der Waals surface area (Å²) in [6.07, 6.45) is 3.93. The van der Waals surface area contributed by atoms with Crippen LogP contribution < -0.4 is 10.2 Å². The zero-order valence-electron chi connectivity index (χ0n) is 13.3. The van der Waals surface area contributed by atoms with Crippen LogP contribution in [0.3, 0.4) is 0 Å². The molecule has 2 fully saturated rings. The van der Waals surface area contributed by atoms with E-state index in [1.54, 1.807) is 12.3 Å². The van der Waals surface area contributed by atoms with Crippen LogP contribution in [0.2, 0.25) is 0 Å². The third-order valence-corrected chi connectivity index (χ3v) is 4.17. The molecule has 8 heteroatoms. The summed E-state index contributed by atoms with van der Waals surface area (Å²) in [4.78, 5) is 23.0. The van der Waals surface area contributed by atoms with Crippen LogP contribution in [0.1, 0.15) is 40.8 Å². The minimum absolute atomic E-state index is 0.253. The Bertz CT molecular complexity index is 722. The maximum absolute atomic E-state index is 12.1. The predicted octanol–water partition coefficient (Wildman–Crippen LogP) is 1.11. The Morgan fingerprint density at radius 3 is 2.96 bits per heavy atom. The standard InChI is InChI=1S/C16H19N5O3/c22-16(12-9-13(24-20-12)11-1-2-11)18-10-14-17-4-3-15(19-14)21-5-7-23-8-6-21/h3-4,9,11H,1-2,5-8,10H2,(H,18,22). The molecule has 1 aliphatic carbocycles. The Labute approximate surface area is 139 Å². The summed E-state index contributed by atoms with van der Waals surface area (Å²) in [5.74, 6) is 2.39. The average Bonchev–Trinajstić information content (AvgIpc) is 3.37. The lowest BCUT2D eigenvalue weighted by Gasteiger charge is -2.27. The quantitative estimate of drug-likeness (QED) is 0.878. The first-order chi connectivity index (χ1) is 11.8. The molecule has 24 heavy (non-hydrogen) atoms. The number of ether oxygens (including phenoxy) is 1. The molecule has 0 radical (unpaired) electrons. The Balaban J connectivity index is 1.36. The molecule has 1 saturated carbocycles. The summed E-state index contributed by atoms with van der Waals surface area (Å²) in [7, 11) is 0. The average molecular weight is 329 g/mol. The van der Waals surface area contributed by atoms with E-state index in [1.165, 1.54) is 0 Å². The van der Waals surface area contributed by atoms with Gasteiger partial charge in [0.15, 0.2) is 5.69 Å². The molecule has 3 heterocycles. The van der Waals surface area contributed by atoms with Gasteiger partial charge in [-0.25, -0.2) is 9.97 Å². The van der Waals surface area contributed by atoms with Gasteiger partial charge in [0.05, 0.1) is 19.8 Å². The van der Waals surface area contributed by atoms with Crippen molar-refractivity contribution < 1.29 is 14.1 Å². The van der Waals surface area contributed by atoms with Crippen LogP contribution in [0.5, 0.6) is 0 Å². The van der Waals surface area contributed by atoms with E-state index in [4.69, 9.17) is 9.26 Å². The first-order valence-corrected chi connectivity index (χ1v) is 8.19. The fraction of sp³-hybridized carbons (Fsp3) is 0.500. The molecule has 4 rings (SSSR count). The molecule has 0 unspecified atom stereocenters. The maximum atomic E-state index is 12.1. The van der Waals surface area contributed by atoms with E-state index in [9.17, 15) is 4.79 Å². The van der Waals surface area contributed by atoms with E-state index in [-0.39, 0.29) is 12.5 Å². The van der Waals surface area contributed by atoms with Crippen molar-refractivity contribution in [3.63, 3.8) is 0 Å². The molecule has 1 saturated heterocycles. The van der Waals surface area contributed by atoms with Gasteiger partial charge in [-0.3, -0.25) is 4.79 Å². The number of morpholine rings is 1. The fourth-order valence-electron chi connectivity index (χ4n) is 2.65. The minimum Gasteiger partial charge on any atom is -0.378 e. The predicted molar refractivity (Wildman–Crippen MR) is 84.7 cm³/mol. The van der Waals surface area contributed by atoms with Gasteiger partial charge >= 0.3 is 0 Å². The van der Waals surface area contributed by atoms with Gasteiger partial charge in [-0.2, -0.15) is 0 Å². The second kappa shape index (κ2) is 6.56. The molecular formula is C16H19N5O3. The van der Waals surface area contributed by atoms with E-state index in [0.717, 1.165) is 37.5 Å². The third kappa shape index (κ3) is 3.38. The lowest BCUT2D eigenvalue weighted by atomic mass is 10.3. The lowest BCUT2D eigenvalue weighted by molar-refractivity contribution is 0.0940. The van der Waals surface area contributed by atoms with Crippen LogP contribution in [0.15, 0.2) is 22.9 Å². The number of hydrogen-bond donors (Lipinski definition) is 1. The summed E-state index contributed by atoms with van der Waals surface area (Å²) in [6.45, 7) is 3.27. The summed E-state index contributed by atoms with van der Waals surface area (Å²) >= 11 is 0. The van der Waals surface area contributed by atoms with Gasteiger partial charge in [0.25, 0.3) is 5.91 Å². The van der Waals surface area contributed by atoms with Crippen LogP contribution in [0, 0.1) is 0 Å². The monoisotopic (exact) mass is 329 g/mol. The summed E-state index contributed by atoms with van der Waals surface area (Å²) in [5.41, 5.74) is 0.307. The van der Waals surface area contributed by atoms with Crippen molar-refractivity contribution in [3.8, 4) is 0 Å². The number of anilines is 1. The van der Waals surface area contributed by atoms with E-state index in [1.807, 2.05) is 6.07 Å². The van der Waals surface area contributed by atoms with Gasteiger partial charge in [-0.1, -0.05) is 5.16 Å². The molecule has 1 amide bonds. The van der Waals surface area contributed by atoms with Crippen molar-refractivity contribution >= 4 is 11.7 Å². The van der Waals surface area contributed by atoms with Gasteiger partial charge < -0.3 is 19.5 Å². The largest absolute Gasteiger partial charge is 0.378 e. The first kappa shape index (κ1) is 15.1. The van der Waals surface area contributed by atoms with Gasteiger partial charge in [-0.05, 0) is 18.9 Å². The minimum atomic E-state index is -0.272. The molecule has 2 aliphatic rings. The molecule has 2 aromatic rings. The first-order valence-electron chi connectivity index (χ1n) is 8.19. The van der Waals surface area contributed by atoms with E-state index in [0.29, 0.717) is 30.7 Å². The number of rotatable bonds is 5. The molecule has 0 spiro atoms. The number of amides is 1. The van der Waals surface area contributed by atoms with E-state index < -0.39 is 0 Å². The Hall–Kier alpha value is -2.48. The SMILES string of the molecule is O=C(NCc1nccc(N2CCOCC2)n1)c1cc(C2CC2)on1. The lowest BCUT2D eigenvalue weighted by Crippen LogP contribution is -2.37. The van der Waals surface area contributed by atoms with E-state index in [2.05, 4.69) is 25.3 Å². The molecule has 0 aromatic carbocycles. The van der Waals surface area contributed by atoms with Crippen LogP contribution in [-0.4, -0.2) is 47.3 Å². The molecule has 0 atom stereocenters. The molecule has 126 valence electrons. The third-order valence-electron chi connectivity index (χ3n) is 4.17.